The van der Waals surface area contributed by atoms with Gasteiger partial charge in [0.2, 0.25) is 0 Å². The summed E-state index contributed by atoms with van der Waals surface area (Å²) in [5.41, 5.74) is 2.31. The van der Waals surface area contributed by atoms with Gasteiger partial charge in [-0.05, 0) is 18.1 Å². The number of aryl methyl sites for hydroxylation is 1. The molecule has 0 fully saturated rings. The molecule has 0 bridgehead atoms. The molecule has 1 aromatic carbocycles. The van der Waals surface area contributed by atoms with Crippen molar-refractivity contribution >= 4 is 10.9 Å². The van der Waals surface area contributed by atoms with E-state index < -0.39 is 0 Å². The third kappa shape index (κ3) is 1.07. The molecule has 59 valence electrons. The molecule has 2 aromatic rings. The zero-order chi connectivity index (χ0) is 8.39. The van der Waals surface area contributed by atoms with Crippen molar-refractivity contribution in [1.82, 2.24) is 4.98 Å². The summed E-state index contributed by atoms with van der Waals surface area (Å²) in [7, 11) is 0. The lowest BCUT2D eigenvalue weighted by Crippen LogP contribution is -1.84. The summed E-state index contributed by atoms with van der Waals surface area (Å²) in [5, 5.41) is 1.22. The van der Waals surface area contributed by atoms with E-state index in [1.54, 1.807) is 6.20 Å². The van der Waals surface area contributed by atoms with Crippen molar-refractivity contribution in [3.8, 4) is 0 Å². The van der Waals surface area contributed by atoms with E-state index in [0.717, 1.165) is 11.9 Å². The first-order valence-corrected chi connectivity index (χ1v) is 4.16. The first-order chi connectivity index (χ1) is 5.92. The molecule has 2 rings (SSSR count). The van der Waals surface area contributed by atoms with Crippen LogP contribution in [0.25, 0.3) is 10.9 Å². The Morgan fingerprint density at radius 1 is 1.42 bits per heavy atom. The maximum Gasteiger partial charge on any atom is 0.0783 e. The van der Waals surface area contributed by atoms with E-state index in [0.29, 0.717) is 0 Å². The first-order valence-electron chi connectivity index (χ1n) is 4.16. The number of benzene rings is 1. The highest BCUT2D eigenvalue weighted by Gasteiger charge is 1.97. The zero-order valence-corrected chi connectivity index (χ0v) is 7.04. The molecule has 0 saturated heterocycles. The first kappa shape index (κ1) is 7.29. The molecule has 0 aliphatic heterocycles. The number of hydrogen-bond donors (Lipinski definition) is 0. The molecule has 0 aliphatic carbocycles. The van der Waals surface area contributed by atoms with E-state index in [-0.39, 0.29) is 0 Å². The topological polar surface area (TPSA) is 12.9 Å². The molecule has 1 heteroatoms. The van der Waals surface area contributed by atoms with Crippen LogP contribution in [0.15, 0.2) is 30.5 Å². The second-order valence-electron chi connectivity index (χ2n) is 2.76. The fourth-order valence-corrected chi connectivity index (χ4v) is 1.40. The van der Waals surface area contributed by atoms with E-state index in [1.807, 2.05) is 12.1 Å². The van der Waals surface area contributed by atoms with Crippen molar-refractivity contribution in [3.63, 3.8) is 0 Å². The summed E-state index contributed by atoms with van der Waals surface area (Å²) < 4.78 is 0. The number of pyridine rings is 1. The predicted octanol–water partition coefficient (Wildman–Crippen LogP) is 2.60. The number of nitrogens with zero attached hydrogens (tertiary/aromatic N) is 1. The molecule has 1 heterocycles. The largest absolute Gasteiger partial charge is 0.256 e. The van der Waals surface area contributed by atoms with E-state index in [1.165, 1.54) is 10.9 Å². The lowest BCUT2D eigenvalue weighted by Gasteiger charge is -2.00. The van der Waals surface area contributed by atoms with Crippen molar-refractivity contribution in [3.05, 3.63) is 42.1 Å². The summed E-state index contributed by atoms with van der Waals surface area (Å²) in [6, 6.07) is 11.2. The highest BCUT2D eigenvalue weighted by molar-refractivity contribution is 5.81. The van der Waals surface area contributed by atoms with Crippen LogP contribution in [0.4, 0.5) is 0 Å². The van der Waals surface area contributed by atoms with Crippen LogP contribution < -0.4 is 0 Å². The lowest BCUT2D eigenvalue weighted by molar-refractivity contribution is 1.16. The Labute approximate surface area is 72.1 Å². The third-order valence-electron chi connectivity index (χ3n) is 2.04. The summed E-state index contributed by atoms with van der Waals surface area (Å²) in [6.07, 6.45) is 2.86. The van der Waals surface area contributed by atoms with Crippen molar-refractivity contribution < 1.29 is 0 Å². The van der Waals surface area contributed by atoms with Gasteiger partial charge >= 0.3 is 0 Å². The van der Waals surface area contributed by atoms with Crippen LogP contribution in [0.1, 0.15) is 12.5 Å². The molecule has 12 heavy (non-hydrogen) atoms. The molecule has 1 nitrogen and oxygen atoms in total. The fourth-order valence-electron chi connectivity index (χ4n) is 1.40. The maximum absolute atomic E-state index is 4.23. The van der Waals surface area contributed by atoms with Crippen molar-refractivity contribution in [2.24, 2.45) is 0 Å². The quantitative estimate of drug-likeness (QED) is 0.618. The molecule has 0 atom stereocenters. The summed E-state index contributed by atoms with van der Waals surface area (Å²) >= 11 is 0. The van der Waals surface area contributed by atoms with Crippen LogP contribution in [0.3, 0.4) is 0 Å². The summed E-state index contributed by atoms with van der Waals surface area (Å²) in [6.45, 7) is 2.15. The van der Waals surface area contributed by atoms with Crippen LogP contribution in [0.2, 0.25) is 0 Å². The highest BCUT2D eigenvalue weighted by atomic mass is 14.6. The Morgan fingerprint density at radius 3 is 3.17 bits per heavy atom. The average Bonchev–Trinajstić information content (AvgIpc) is 2.17. The van der Waals surface area contributed by atoms with Gasteiger partial charge in [-0.15, -0.1) is 0 Å². The van der Waals surface area contributed by atoms with Crippen LogP contribution in [-0.2, 0) is 6.42 Å². The number of rotatable bonds is 1. The summed E-state index contributed by atoms with van der Waals surface area (Å²) in [4.78, 5) is 4.23. The van der Waals surface area contributed by atoms with Gasteiger partial charge in [0.1, 0.15) is 0 Å². The molecular formula is C11H10N. The summed E-state index contributed by atoms with van der Waals surface area (Å²) in [5.74, 6) is 0. The Morgan fingerprint density at radius 2 is 2.33 bits per heavy atom. The Hall–Kier alpha value is -1.37. The third-order valence-corrected chi connectivity index (χ3v) is 2.04. The highest BCUT2D eigenvalue weighted by Crippen LogP contribution is 2.15. The number of aromatic nitrogens is 1. The maximum atomic E-state index is 4.23. The van der Waals surface area contributed by atoms with Gasteiger partial charge in [0.15, 0.2) is 0 Å². The molecule has 1 aromatic heterocycles. The van der Waals surface area contributed by atoms with Crippen LogP contribution in [0, 0.1) is 6.07 Å². The zero-order valence-electron chi connectivity index (χ0n) is 7.04. The van der Waals surface area contributed by atoms with Gasteiger partial charge in [-0.25, -0.2) is 0 Å². The van der Waals surface area contributed by atoms with E-state index in [2.05, 4.69) is 30.1 Å². The fraction of sp³-hybridized carbons (Fsp3) is 0.182. The standard InChI is InChI=1S/C11H10N/c1-2-9-5-3-7-11-10(9)6-4-8-12-11/h3-6,8H,2H2,1H3. The average molecular weight is 156 g/mol. The smallest absolute Gasteiger partial charge is 0.0783 e. The normalized spacial score (nSPS) is 10.4. The molecule has 0 saturated carbocycles. The van der Waals surface area contributed by atoms with Crippen molar-refractivity contribution in [1.29, 1.82) is 0 Å². The van der Waals surface area contributed by atoms with Crippen LogP contribution in [-0.4, -0.2) is 4.98 Å². The molecule has 1 radical (unpaired) electrons. The second-order valence-corrected chi connectivity index (χ2v) is 2.76. The Bertz CT molecular complexity index is 388. The number of fused-ring (bicyclic) bond motifs is 1. The SMILES string of the molecule is CCc1cc[c]c2ncccc12. The molecular weight excluding hydrogens is 146 g/mol. The van der Waals surface area contributed by atoms with Crippen molar-refractivity contribution in [2.45, 2.75) is 13.3 Å². The number of hydrogen-bond acceptors (Lipinski definition) is 1. The van der Waals surface area contributed by atoms with E-state index in [9.17, 15) is 0 Å². The molecule has 0 unspecified atom stereocenters. The van der Waals surface area contributed by atoms with Crippen molar-refractivity contribution in [2.75, 3.05) is 0 Å². The second kappa shape index (κ2) is 2.94. The minimum atomic E-state index is 0.969. The van der Waals surface area contributed by atoms with Gasteiger partial charge in [-0.2, -0.15) is 0 Å². The Kier molecular flexibility index (Phi) is 1.78. The lowest BCUT2D eigenvalue weighted by atomic mass is 10.1. The van der Waals surface area contributed by atoms with Gasteiger partial charge < -0.3 is 0 Å². The monoisotopic (exact) mass is 156 g/mol. The van der Waals surface area contributed by atoms with Crippen LogP contribution in [0.5, 0.6) is 0 Å². The van der Waals surface area contributed by atoms with Gasteiger partial charge in [0.25, 0.3) is 0 Å². The van der Waals surface area contributed by atoms with E-state index in [4.69, 9.17) is 0 Å². The van der Waals surface area contributed by atoms with E-state index >= 15 is 0 Å². The minimum Gasteiger partial charge on any atom is -0.256 e. The Balaban J connectivity index is 2.79. The minimum absolute atomic E-state index is 0.969. The predicted molar refractivity (Wildman–Crippen MR) is 50.0 cm³/mol. The van der Waals surface area contributed by atoms with Gasteiger partial charge in [-0.3, -0.25) is 4.98 Å². The molecule has 0 spiro atoms. The molecule has 0 aliphatic rings. The van der Waals surface area contributed by atoms with Gasteiger partial charge in [0, 0.05) is 17.6 Å². The van der Waals surface area contributed by atoms with Gasteiger partial charge in [0.05, 0.1) is 5.52 Å². The van der Waals surface area contributed by atoms with Gasteiger partial charge in [-0.1, -0.05) is 25.1 Å². The van der Waals surface area contributed by atoms with Crippen LogP contribution >= 0.6 is 0 Å². The molecule has 0 N–H and O–H groups in total. The molecule has 0 amide bonds.